The maximum absolute atomic E-state index is 5.74. The van der Waals surface area contributed by atoms with Crippen LogP contribution >= 0.6 is 0 Å². The summed E-state index contributed by atoms with van der Waals surface area (Å²) < 4.78 is 0. The molecule has 16 heavy (non-hydrogen) atoms. The standard InChI is InChI=1S/C12H14N4/c1-9(13)7-11-4-6-15-12(16-11)10-3-2-5-14-8-10/h2-6,8-9H,7,13H2,1H3. The van der Waals surface area contributed by atoms with Crippen LogP contribution < -0.4 is 5.73 Å². The molecule has 0 radical (unpaired) electrons. The average Bonchev–Trinajstić information content (AvgIpc) is 2.30. The summed E-state index contributed by atoms with van der Waals surface area (Å²) in [6, 6.07) is 5.81. The molecular weight excluding hydrogens is 200 g/mol. The van der Waals surface area contributed by atoms with Crippen molar-refractivity contribution in [3.05, 3.63) is 42.5 Å². The summed E-state index contributed by atoms with van der Waals surface area (Å²) in [6.45, 7) is 1.96. The van der Waals surface area contributed by atoms with Crippen molar-refractivity contribution in [1.82, 2.24) is 15.0 Å². The first kappa shape index (κ1) is 10.7. The van der Waals surface area contributed by atoms with Gasteiger partial charge in [-0.25, -0.2) is 9.97 Å². The van der Waals surface area contributed by atoms with Gasteiger partial charge in [0.2, 0.25) is 0 Å². The van der Waals surface area contributed by atoms with Gasteiger partial charge in [0.25, 0.3) is 0 Å². The highest BCUT2D eigenvalue weighted by molar-refractivity contribution is 5.52. The van der Waals surface area contributed by atoms with Crippen molar-refractivity contribution in [2.75, 3.05) is 0 Å². The Kier molecular flexibility index (Phi) is 3.22. The van der Waals surface area contributed by atoms with E-state index in [0.29, 0.717) is 5.82 Å². The lowest BCUT2D eigenvalue weighted by molar-refractivity contribution is 0.720. The Morgan fingerprint density at radius 2 is 2.19 bits per heavy atom. The van der Waals surface area contributed by atoms with Gasteiger partial charge in [-0.15, -0.1) is 0 Å². The summed E-state index contributed by atoms with van der Waals surface area (Å²) in [7, 11) is 0. The molecule has 82 valence electrons. The Labute approximate surface area is 94.6 Å². The van der Waals surface area contributed by atoms with Gasteiger partial charge in [0, 0.05) is 42.3 Å². The zero-order valence-corrected chi connectivity index (χ0v) is 9.17. The molecule has 0 bridgehead atoms. The summed E-state index contributed by atoms with van der Waals surface area (Å²) in [5, 5.41) is 0. The van der Waals surface area contributed by atoms with E-state index in [1.165, 1.54) is 0 Å². The number of pyridine rings is 1. The molecule has 0 aliphatic rings. The number of hydrogen-bond acceptors (Lipinski definition) is 4. The summed E-state index contributed by atoms with van der Waals surface area (Å²) in [4.78, 5) is 12.7. The van der Waals surface area contributed by atoms with E-state index in [-0.39, 0.29) is 6.04 Å². The minimum atomic E-state index is 0.108. The van der Waals surface area contributed by atoms with E-state index in [0.717, 1.165) is 17.7 Å². The minimum Gasteiger partial charge on any atom is -0.328 e. The van der Waals surface area contributed by atoms with Gasteiger partial charge in [-0.05, 0) is 25.1 Å². The van der Waals surface area contributed by atoms with Gasteiger partial charge in [-0.3, -0.25) is 4.98 Å². The lowest BCUT2D eigenvalue weighted by Gasteiger charge is -2.05. The average molecular weight is 214 g/mol. The molecule has 0 amide bonds. The Bertz CT molecular complexity index is 454. The van der Waals surface area contributed by atoms with Gasteiger partial charge in [0.1, 0.15) is 0 Å². The monoisotopic (exact) mass is 214 g/mol. The molecule has 4 nitrogen and oxygen atoms in total. The number of nitrogens with zero attached hydrogens (tertiary/aromatic N) is 3. The van der Waals surface area contributed by atoms with Crippen LogP contribution in [0, 0.1) is 0 Å². The van der Waals surface area contributed by atoms with Crippen LogP contribution in [0.3, 0.4) is 0 Å². The molecule has 0 aliphatic heterocycles. The Balaban J connectivity index is 2.29. The van der Waals surface area contributed by atoms with Crippen molar-refractivity contribution in [2.45, 2.75) is 19.4 Å². The molecule has 2 aromatic heterocycles. The fourth-order valence-corrected chi connectivity index (χ4v) is 1.47. The zero-order valence-electron chi connectivity index (χ0n) is 9.17. The van der Waals surface area contributed by atoms with E-state index in [4.69, 9.17) is 5.73 Å². The lowest BCUT2D eigenvalue weighted by atomic mass is 10.2. The second-order valence-corrected chi connectivity index (χ2v) is 3.79. The van der Waals surface area contributed by atoms with Crippen LogP contribution in [0.25, 0.3) is 11.4 Å². The van der Waals surface area contributed by atoms with Gasteiger partial charge in [-0.2, -0.15) is 0 Å². The van der Waals surface area contributed by atoms with Crippen LogP contribution in [-0.4, -0.2) is 21.0 Å². The lowest BCUT2D eigenvalue weighted by Crippen LogP contribution is -2.18. The molecule has 0 saturated carbocycles. The maximum atomic E-state index is 5.74. The number of aromatic nitrogens is 3. The van der Waals surface area contributed by atoms with E-state index in [2.05, 4.69) is 15.0 Å². The molecule has 0 spiro atoms. The van der Waals surface area contributed by atoms with Crippen molar-refractivity contribution < 1.29 is 0 Å². The molecule has 0 aromatic carbocycles. The Morgan fingerprint density at radius 1 is 1.31 bits per heavy atom. The van der Waals surface area contributed by atoms with E-state index in [9.17, 15) is 0 Å². The third-order valence-electron chi connectivity index (χ3n) is 2.16. The summed E-state index contributed by atoms with van der Waals surface area (Å²) >= 11 is 0. The molecule has 2 N–H and O–H groups in total. The van der Waals surface area contributed by atoms with Gasteiger partial charge in [-0.1, -0.05) is 0 Å². The molecule has 4 heteroatoms. The number of hydrogen-bond donors (Lipinski definition) is 1. The third kappa shape index (κ3) is 2.61. The molecule has 2 aromatic rings. The molecule has 0 aliphatic carbocycles. The fourth-order valence-electron chi connectivity index (χ4n) is 1.47. The summed E-state index contributed by atoms with van der Waals surface area (Å²) in [6.07, 6.45) is 6.00. The second-order valence-electron chi connectivity index (χ2n) is 3.79. The van der Waals surface area contributed by atoms with E-state index >= 15 is 0 Å². The second kappa shape index (κ2) is 4.81. The minimum absolute atomic E-state index is 0.108. The fraction of sp³-hybridized carbons (Fsp3) is 0.250. The molecule has 1 unspecified atom stereocenters. The first-order chi connectivity index (χ1) is 7.75. The van der Waals surface area contributed by atoms with Crippen LogP contribution in [0.15, 0.2) is 36.8 Å². The Morgan fingerprint density at radius 3 is 2.88 bits per heavy atom. The highest BCUT2D eigenvalue weighted by Gasteiger charge is 2.04. The van der Waals surface area contributed by atoms with Crippen molar-refractivity contribution in [3.8, 4) is 11.4 Å². The van der Waals surface area contributed by atoms with Gasteiger partial charge >= 0.3 is 0 Å². The predicted molar refractivity (Wildman–Crippen MR) is 62.6 cm³/mol. The highest BCUT2D eigenvalue weighted by atomic mass is 14.9. The first-order valence-corrected chi connectivity index (χ1v) is 5.23. The maximum Gasteiger partial charge on any atom is 0.160 e. The molecule has 2 heterocycles. The molecule has 1 atom stereocenters. The normalized spacial score (nSPS) is 12.4. The van der Waals surface area contributed by atoms with Crippen molar-refractivity contribution in [1.29, 1.82) is 0 Å². The van der Waals surface area contributed by atoms with Crippen molar-refractivity contribution in [3.63, 3.8) is 0 Å². The van der Waals surface area contributed by atoms with Crippen molar-refractivity contribution in [2.24, 2.45) is 5.73 Å². The van der Waals surface area contributed by atoms with Crippen LogP contribution in [0.4, 0.5) is 0 Å². The molecule has 2 rings (SSSR count). The number of nitrogens with two attached hydrogens (primary N) is 1. The van der Waals surface area contributed by atoms with Crippen LogP contribution in [0.5, 0.6) is 0 Å². The van der Waals surface area contributed by atoms with Gasteiger partial charge in [0.05, 0.1) is 0 Å². The molecule has 0 saturated heterocycles. The Hall–Kier alpha value is -1.81. The zero-order chi connectivity index (χ0) is 11.4. The summed E-state index contributed by atoms with van der Waals surface area (Å²) in [5.41, 5.74) is 7.63. The van der Waals surface area contributed by atoms with E-state index in [1.807, 2.05) is 25.1 Å². The first-order valence-electron chi connectivity index (χ1n) is 5.23. The van der Waals surface area contributed by atoms with Crippen LogP contribution in [-0.2, 0) is 6.42 Å². The van der Waals surface area contributed by atoms with Crippen LogP contribution in [0.2, 0.25) is 0 Å². The summed E-state index contributed by atoms with van der Waals surface area (Å²) in [5.74, 6) is 0.700. The quantitative estimate of drug-likeness (QED) is 0.839. The largest absolute Gasteiger partial charge is 0.328 e. The van der Waals surface area contributed by atoms with Gasteiger partial charge < -0.3 is 5.73 Å². The van der Waals surface area contributed by atoms with Gasteiger partial charge in [0.15, 0.2) is 5.82 Å². The van der Waals surface area contributed by atoms with E-state index < -0.39 is 0 Å². The SMILES string of the molecule is CC(N)Cc1ccnc(-c2cccnc2)n1. The molecule has 0 fully saturated rings. The highest BCUT2D eigenvalue weighted by Crippen LogP contribution is 2.12. The number of rotatable bonds is 3. The topological polar surface area (TPSA) is 64.7 Å². The predicted octanol–water partition coefficient (Wildman–Crippen LogP) is 1.43. The third-order valence-corrected chi connectivity index (χ3v) is 2.16. The van der Waals surface area contributed by atoms with E-state index in [1.54, 1.807) is 18.6 Å². The molecular formula is C12H14N4. The smallest absolute Gasteiger partial charge is 0.160 e. The van der Waals surface area contributed by atoms with Crippen LogP contribution in [0.1, 0.15) is 12.6 Å². The van der Waals surface area contributed by atoms with Crippen molar-refractivity contribution >= 4 is 0 Å².